The molecular weight excluding hydrogens is 164 g/mol. The lowest BCUT2D eigenvalue weighted by atomic mass is 9.72. The lowest BCUT2D eigenvalue weighted by Gasteiger charge is -2.42. The molecule has 0 aromatic carbocycles. The number of carbonyl (C=O) groups is 1. The average molecular weight is 182 g/mol. The predicted molar refractivity (Wildman–Crippen MR) is 51.0 cm³/mol. The van der Waals surface area contributed by atoms with Crippen molar-refractivity contribution in [1.82, 2.24) is 5.32 Å². The topological polar surface area (TPSA) is 55.1 Å². The van der Waals surface area contributed by atoms with Gasteiger partial charge in [-0.1, -0.05) is 6.92 Å². The van der Waals surface area contributed by atoms with Gasteiger partial charge in [0, 0.05) is 18.5 Å². The van der Waals surface area contributed by atoms with Gasteiger partial charge in [0.05, 0.1) is 0 Å². The highest BCUT2D eigenvalue weighted by Gasteiger charge is 2.37. The zero-order valence-corrected chi connectivity index (χ0v) is 8.12. The van der Waals surface area contributed by atoms with Gasteiger partial charge in [-0.05, 0) is 31.1 Å². The van der Waals surface area contributed by atoms with E-state index in [9.17, 15) is 4.79 Å². The summed E-state index contributed by atoms with van der Waals surface area (Å²) in [6.07, 6.45) is 3.99. The number of carbonyl (C=O) groups excluding carboxylic acids is 1. The molecule has 0 aromatic rings. The maximum atomic E-state index is 11.3. The first-order valence-corrected chi connectivity index (χ1v) is 5.21. The molecule has 4 unspecified atom stereocenters. The summed E-state index contributed by atoms with van der Waals surface area (Å²) in [5.74, 6) is 1.44. The van der Waals surface area contributed by atoms with Crippen molar-refractivity contribution in [2.45, 2.75) is 44.7 Å². The van der Waals surface area contributed by atoms with E-state index in [0.29, 0.717) is 30.3 Å². The summed E-state index contributed by atoms with van der Waals surface area (Å²) < 4.78 is 0. The van der Waals surface area contributed by atoms with E-state index in [-0.39, 0.29) is 5.91 Å². The van der Waals surface area contributed by atoms with Gasteiger partial charge in [0.1, 0.15) is 0 Å². The third kappa shape index (κ3) is 1.70. The number of nitrogens with two attached hydrogens (primary N) is 1. The second kappa shape index (κ2) is 3.29. The Bertz CT molecular complexity index is 217. The molecule has 4 atom stereocenters. The first-order valence-electron chi connectivity index (χ1n) is 5.21. The number of fused-ring (bicyclic) bond motifs is 1. The summed E-state index contributed by atoms with van der Waals surface area (Å²) in [4.78, 5) is 11.3. The van der Waals surface area contributed by atoms with Gasteiger partial charge >= 0.3 is 0 Å². The van der Waals surface area contributed by atoms with Gasteiger partial charge in [0.25, 0.3) is 0 Å². The van der Waals surface area contributed by atoms with Gasteiger partial charge in [-0.25, -0.2) is 0 Å². The van der Waals surface area contributed by atoms with Crippen molar-refractivity contribution in [2.24, 2.45) is 17.6 Å². The van der Waals surface area contributed by atoms with E-state index < -0.39 is 0 Å². The molecule has 1 amide bonds. The van der Waals surface area contributed by atoms with Crippen LogP contribution in [-0.4, -0.2) is 18.0 Å². The van der Waals surface area contributed by atoms with Crippen molar-refractivity contribution in [3.05, 3.63) is 0 Å². The summed E-state index contributed by atoms with van der Waals surface area (Å²) in [6, 6.07) is 0.659. The van der Waals surface area contributed by atoms with E-state index >= 15 is 0 Å². The minimum Gasteiger partial charge on any atom is -0.353 e. The summed E-state index contributed by atoms with van der Waals surface area (Å²) in [5.41, 5.74) is 5.88. The molecule has 1 aliphatic heterocycles. The maximum Gasteiger partial charge on any atom is 0.220 e. The Labute approximate surface area is 79.1 Å². The SMILES string of the molecule is CC1CC(=O)NC2CC(N)CCC12. The van der Waals surface area contributed by atoms with Crippen LogP contribution in [0.3, 0.4) is 0 Å². The highest BCUT2D eigenvalue weighted by atomic mass is 16.1. The Morgan fingerprint density at radius 1 is 1.46 bits per heavy atom. The van der Waals surface area contributed by atoms with Crippen LogP contribution >= 0.6 is 0 Å². The van der Waals surface area contributed by atoms with Crippen LogP contribution in [0.25, 0.3) is 0 Å². The van der Waals surface area contributed by atoms with Crippen LogP contribution in [0.5, 0.6) is 0 Å². The molecule has 74 valence electrons. The largest absolute Gasteiger partial charge is 0.353 e. The fraction of sp³-hybridized carbons (Fsp3) is 0.900. The lowest BCUT2D eigenvalue weighted by Crippen LogP contribution is -2.53. The number of hydrogen-bond acceptors (Lipinski definition) is 2. The number of nitrogens with one attached hydrogen (secondary N) is 1. The van der Waals surface area contributed by atoms with Crippen LogP contribution in [0.15, 0.2) is 0 Å². The van der Waals surface area contributed by atoms with Crippen LogP contribution in [0.2, 0.25) is 0 Å². The lowest BCUT2D eigenvalue weighted by molar-refractivity contribution is -0.126. The van der Waals surface area contributed by atoms with E-state index in [1.165, 1.54) is 6.42 Å². The van der Waals surface area contributed by atoms with Crippen molar-refractivity contribution in [2.75, 3.05) is 0 Å². The van der Waals surface area contributed by atoms with Crippen molar-refractivity contribution in [3.8, 4) is 0 Å². The number of hydrogen-bond donors (Lipinski definition) is 2. The average Bonchev–Trinajstić information content (AvgIpc) is 2.02. The zero-order chi connectivity index (χ0) is 9.42. The Kier molecular flexibility index (Phi) is 2.28. The third-order valence-corrected chi connectivity index (χ3v) is 3.53. The number of rotatable bonds is 0. The fourth-order valence-corrected chi connectivity index (χ4v) is 2.78. The molecule has 2 aliphatic rings. The van der Waals surface area contributed by atoms with Gasteiger partial charge in [-0.15, -0.1) is 0 Å². The summed E-state index contributed by atoms with van der Waals surface area (Å²) in [5, 5.41) is 3.06. The van der Waals surface area contributed by atoms with Crippen LogP contribution in [0.4, 0.5) is 0 Å². The summed E-state index contributed by atoms with van der Waals surface area (Å²) in [6.45, 7) is 2.19. The minimum atomic E-state index is 0.211. The molecule has 3 heteroatoms. The molecular formula is C10H18N2O. The van der Waals surface area contributed by atoms with E-state index in [0.717, 1.165) is 12.8 Å². The molecule has 13 heavy (non-hydrogen) atoms. The number of piperidine rings is 1. The second-order valence-electron chi connectivity index (χ2n) is 4.59. The molecule has 0 spiro atoms. The summed E-state index contributed by atoms with van der Waals surface area (Å²) in [7, 11) is 0. The van der Waals surface area contributed by atoms with Crippen molar-refractivity contribution < 1.29 is 4.79 Å². The van der Waals surface area contributed by atoms with Crippen molar-refractivity contribution in [1.29, 1.82) is 0 Å². The van der Waals surface area contributed by atoms with Crippen LogP contribution in [0.1, 0.15) is 32.6 Å². The van der Waals surface area contributed by atoms with E-state index in [1.807, 2.05) is 0 Å². The highest BCUT2D eigenvalue weighted by molar-refractivity contribution is 5.77. The molecule has 0 bridgehead atoms. The van der Waals surface area contributed by atoms with Gasteiger partial charge in [-0.3, -0.25) is 4.79 Å². The Morgan fingerprint density at radius 3 is 3.00 bits per heavy atom. The minimum absolute atomic E-state index is 0.211. The van der Waals surface area contributed by atoms with Gasteiger partial charge < -0.3 is 11.1 Å². The van der Waals surface area contributed by atoms with Crippen LogP contribution in [0, 0.1) is 11.8 Å². The molecule has 0 aromatic heterocycles. The third-order valence-electron chi connectivity index (χ3n) is 3.53. The van der Waals surface area contributed by atoms with Crippen molar-refractivity contribution in [3.63, 3.8) is 0 Å². The highest BCUT2D eigenvalue weighted by Crippen LogP contribution is 2.34. The standard InChI is InChI=1S/C10H18N2O/c1-6-4-10(13)12-9-5-7(11)2-3-8(6)9/h6-9H,2-5,11H2,1H3,(H,12,13). The molecule has 3 N–H and O–H groups in total. The van der Waals surface area contributed by atoms with E-state index in [1.54, 1.807) is 0 Å². The smallest absolute Gasteiger partial charge is 0.220 e. The Balaban J connectivity index is 2.06. The Hall–Kier alpha value is -0.570. The van der Waals surface area contributed by atoms with E-state index in [4.69, 9.17) is 5.73 Å². The number of amides is 1. The first-order chi connectivity index (χ1) is 6.16. The zero-order valence-electron chi connectivity index (χ0n) is 8.12. The molecule has 1 aliphatic carbocycles. The van der Waals surface area contributed by atoms with Crippen LogP contribution in [-0.2, 0) is 4.79 Å². The molecule has 1 saturated heterocycles. The van der Waals surface area contributed by atoms with Gasteiger partial charge in [-0.2, -0.15) is 0 Å². The van der Waals surface area contributed by atoms with Crippen molar-refractivity contribution >= 4 is 5.91 Å². The molecule has 2 fully saturated rings. The molecule has 3 nitrogen and oxygen atoms in total. The van der Waals surface area contributed by atoms with Gasteiger partial charge in [0.15, 0.2) is 0 Å². The Morgan fingerprint density at radius 2 is 2.23 bits per heavy atom. The molecule has 0 radical (unpaired) electrons. The summed E-state index contributed by atoms with van der Waals surface area (Å²) >= 11 is 0. The maximum absolute atomic E-state index is 11.3. The van der Waals surface area contributed by atoms with Gasteiger partial charge in [0.2, 0.25) is 5.91 Å². The first kappa shape index (κ1) is 9.00. The second-order valence-corrected chi connectivity index (χ2v) is 4.59. The van der Waals surface area contributed by atoms with Crippen LogP contribution < -0.4 is 11.1 Å². The molecule has 1 saturated carbocycles. The monoisotopic (exact) mass is 182 g/mol. The quantitative estimate of drug-likeness (QED) is 0.577. The molecule has 1 heterocycles. The normalized spacial score (nSPS) is 45.2. The van der Waals surface area contributed by atoms with E-state index in [2.05, 4.69) is 12.2 Å². The predicted octanol–water partition coefficient (Wildman–Crippen LogP) is 0.638. The fourth-order valence-electron chi connectivity index (χ4n) is 2.78. The molecule has 2 rings (SSSR count).